The molecule has 3 rings (SSSR count). The van der Waals surface area contributed by atoms with Gasteiger partial charge in [0.05, 0.1) is 20.3 Å². The van der Waals surface area contributed by atoms with Crippen molar-refractivity contribution in [2.75, 3.05) is 32.2 Å². The van der Waals surface area contributed by atoms with Gasteiger partial charge < -0.3 is 14.7 Å². The standard InChI is InChI=1S/C18H18N4O2S/c1-11-14-16(22(3)9-10-23)20-15(21-18(14)25-17(11)19-2)12-5-7-13(24-4)8-6-12/h5-8,23H,9-10H2,1,3-4H3. The lowest BCUT2D eigenvalue weighted by Gasteiger charge is -2.19. The van der Waals surface area contributed by atoms with Gasteiger partial charge in [0, 0.05) is 24.5 Å². The number of aliphatic hydroxyl groups is 1. The topological polar surface area (TPSA) is 62.8 Å². The Morgan fingerprint density at radius 2 is 2.00 bits per heavy atom. The van der Waals surface area contributed by atoms with Crippen molar-refractivity contribution in [3.05, 3.63) is 41.2 Å². The van der Waals surface area contributed by atoms with Crippen LogP contribution in [-0.4, -0.2) is 42.4 Å². The molecular formula is C18H18N4O2S. The molecule has 0 atom stereocenters. The molecular weight excluding hydrogens is 336 g/mol. The number of aryl methyl sites for hydroxylation is 1. The fourth-order valence-electron chi connectivity index (χ4n) is 2.61. The third-order valence-electron chi connectivity index (χ3n) is 3.99. The Kier molecular flexibility index (Phi) is 4.83. The van der Waals surface area contributed by atoms with Gasteiger partial charge in [-0.2, -0.15) is 0 Å². The van der Waals surface area contributed by atoms with Crippen LogP contribution in [0.25, 0.3) is 26.4 Å². The maximum absolute atomic E-state index is 9.29. The Bertz CT molecular complexity index is 944. The van der Waals surface area contributed by atoms with Gasteiger partial charge in [0.1, 0.15) is 16.4 Å². The fraction of sp³-hybridized carbons (Fsp3) is 0.278. The first-order valence-electron chi connectivity index (χ1n) is 7.74. The van der Waals surface area contributed by atoms with E-state index in [9.17, 15) is 5.11 Å². The van der Waals surface area contributed by atoms with Crippen LogP contribution in [0.4, 0.5) is 10.8 Å². The zero-order valence-electron chi connectivity index (χ0n) is 14.3. The first-order chi connectivity index (χ1) is 12.1. The molecule has 0 bridgehead atoms. The van der Waals surface area contributed by atoms with Crippen molar-refractivity contribution in [2.24, 2.45) is 0 Å². The lowest BCUT2D eigenvalue weighted by atomic mass is 10.2. The minimum atomic E-state index is 0.0265. The summed E-state index contributed by atoms with van der Waals surface area (Å²) in [7, 11) is 3.50. The molecule has 0 saturated heterocycles. The van der Waals surface area contributed by atoms with Crippen LogP contribution in [-0.2, 0) is 0 Å². The molecule has 0 fully saturated rings. The smallest absolute Gasteiger partial charge is 0.246 e. The Morgan fingerprint density at radius 3 is 2.60 bits per heavy atom. The predicted molar refractivity (Wildman–Crippen MR) is 101 cm³/mol. The van der Waals surface area contributed by atoms with Crippen molar-refractivity contribution in [1.29, 1.82) is 0 Å². The van der Waals surface area contributed by atoms with E-state index in [1.807, 2.05) is 43.1 Å². The number of rotatable bonds is 5. The second-order valence-electron chi connectivity index (χ2n) is 5.57. The van der Waals surface area contributed by atoms with Gasteiger partial charge in [-0.3, -0.25) is 0 Å². The Labute approximate surface area is 150 Å². The lowest BCUT2D eigenvalue weighted by molar-refractivity contribution is 0.304. The van der Waals surface area contributed by atoms with E-state index in [2.05, 4.69) is 9.83 Å². The maximum atomic E-state index is 9.29. The molecule has 0 aliphatic rings. The quantitative estimate of drug-likeness (QED) is 0.709. The van der Waals surface area contributed by atoms with Crippen molar-refractivity contribution in [2.45, 2.75) is 6.92 Å². The summed E-state index contributed by atoms with van der Waals surface area (Å²) in [4.78, 5) is 15.7. The third kappa shape index (κ3) is 3.14. The second-order valence-corrected chi connectivity index (χ2v) is 6.55. The largest absolute Gasteiger partial charge is 0.497 e. The molecule has 0 aliphatic carbocycles. The number of hydrogen-bond donors (Lipinski definition) is 1. The molecule has 1 N–H and O–H groups in total. The third-order valence-corrected chi connectivity index (χ3v) is 5.07. The van der Waals surface area contributed by atoms with Gasteiger partial charge in [-0.1, -0.05) is 0 Å². The van der Waals surface area contributed by atoms with Gasteiger partial charge in [-0.05, 0) is 36.8 Å². The second kappa shape index (κ2) is 7.05. The molecule has 0 saturated carbocycles. The van der Waals surface area contributed by atoms with Crippen LogP contribution in [0, 0.1) is 13.5 Å². The van der Waals surface area contributed by atoms with E-state index in [-0.39, 0.29) is 6.61 Å². The molecule has 0 aliphatic heterocycles. The molecule has 1 aromatic carbocycles. The van der Waals surface area contributed by atoms with Gasteiger partial charge in [-0.25, -0.2) is 14.8 Å². The first kappa shape index (κ1) is 17.1. The van der Waals surface area contributed by atoms with Gasteiger partial charge in [0.25, 0.3) is 0 Å². The molecule has 7 heteroatoms. The number of hydrogen-bond acceptors (Lipinski definition) is 6. The molecule has 6 nitrogen and oxygen atoms in total. The van der Waals surface area contributed by atoms with Crippen LogP contribution < -0.4 is 9.64 Å². The predicted octanol–water partition coefficient (Wildman–Crippen LogP) is 3.65. The van der Waals surface area contributed by atoms with Gasteiger partial charge >= 0.3 is 0 Å². The average Bonchev–Trinajstić information content (AvgIpc) is 2.97. The molecule has 0 amide bonds. The van der Waals surface area contributed by atoms with Crippen LogP contribution in [0.3, 0.4) is 0 Å². The fourth-order valence-corrected chi connectivity index (χ4v) is 3.58. The molecule has 3 aromatic rings. The summed E-state index contributed by atoms with van der Waals surface area (Å²) in [5.74, 6) is 2.09. The van der Waals surface area contributed by atoms with E-state index in [1.165, 1.54) is 11.3 Å². The summed E-state index contributed by atoms with van der Waals surface area (Å²) >= 11 is 1.37. The number of likely N-dealkylation sites (N-methyl/N-ethyl adjacent to an activating group) is 1. The number of nitrogens with zero attached hydrogens (tertiary/aromatic N) is 4. The van der Waals surface area contributed by atoms with Gasteiger partial charge in [0.15, 0.2) is 5.82 Å². The normalized spacial score (nSPS) is 10.7. The van der Waals surface area contributed by atoms with Gasteiger partial charge in [-0.15, -0.1) is 11.3 Å². The highest BCUT2D eigenvalue weighted by Gasteiger charge is 2.19. The van der Waals surface area contributed by atoms with E-state index < -0.39 is 0 Å². The van der Waals surface area contributed by atoms with Crippen molar-refractivity contribution in [1.82, 2.24) is 9.97 Å². The Balaban J connectivity index is 2.21. The van der Waals surface area contributed by atoms with E-state index in [1.54, 1.807) is 7.11 Å². The van der Waals surface area contributed by atoms with E-state index in [0.717, 1.165) is 32.9 Å². The van der Waals surface area contributed by atoms with E-state index >= 15 is 0 Å². The number of benzene rings is 1. The summed E-state index contributed by atoms with van der Waals surface area (Å²) in [5.41, 5.74) is 1.76. The summed E-state index contributed by atoms with van der Waals surface area (Å²) in [5, 5.41) is 10.8. The first-order valence-corrected chi connectivity index (χ1v) is 8.55. The van der Waals surface area contributed by atoms with Crippen LogP contribution in [0.2, 0.25) is 0 Å². The lowest BCUT2D eigenvalue weighted by Crippen LogP contribution is -2.22. The summed E-state index contributed by atoms with van der Waals surface area (Å²) in [6, 6.07) is 7.55. The average molecular weight is 354 g/mol. The Hall–Kier alpha value is -2.69. The van der Waals surface area contributed by atoms with E-state index in [0.29, 0.717) is 17.4 Å². The molecule has 2 aromatic heterocycles. The van der Waals surface area contributed by atoms with Crippen LogP contribution in [0.5, 0.6) is 5.75 Å². The monoisotopic (exact) mass is 354 g/mol. The Morgan fingerprint density at radius 1 is 1.28 bits per heavy atom. The van der Waals surface area contributed by atoms with Crippen LogP contribution >= 0.6 is 11.3 Å². The minimum Gasteiger partial charge on any atom is -0.497 e. The number of fused-ring (bicyclic) bond motifs is 1. The zero-order chi connectivity index (χ0) is 18.0. The molecule has 2 heterocycles. The van der Waals surface area contributed by atoms with Crippen LogP contribution in [0.15, 0.2) is 24.3 Å². The number of methoxy groups -OCH3 is 1. The summed E-state index contributed by atoms with van der Waals surface area (Å²) < 4.78 is 5.19. The number of aromatic nitrogens is 2. The van der Waals surface area contributed by atoms with Crippen molar-refractivity contribution >= 4 is 32.4 Å². The highest BCUT2D eigenvalue weighted by molar-refractivity contribution is 7.22. The SMILES string of the molecule is [C-]#[N+]c1sc2nc(-c3ccc(OC)cc3)nc(N(C)CCO)c2c1C. The molecule has 25 heavy (non-hydrogen) atoms. The van der Waals surface area contributed by atoms with E-state index in [4.69, 9.17) is 16.3 Å². The van der Waals surface area contributed by atoms with Crippen molar-refractivity contribution in [3.8, 4) is 17.1 Å². The number of anilines is 1. The highest BCUT2D eigenvalue weighted by Crippen LogP contribution is 2.41. The minimum absolute atomic E-state index is 0.0265. The highest BCUT2D eigenvalue weighted by atomic mass is 32.1. The van der Waals surface area contributed by atoms with Crippen molar-refractivity contribution in [3.63, 3.8) is 0 Å². The molecule has 0 spiro atoms. The molecule has 0 radical (unpaired) electrons. The molecule has 0 unspecified atom stereocenters. The summed E-state index contributed by atoms with van der Waals surface area (Å²) in [6.07, 6.45) is 0. The number of ether oxygens (including phenoxy) is 1. The maximum Gasteiger partial charge on any atom is 0.246 e. The molecule has 128 valence electrons. The van der Waals surface area contributed by atoms with Crippen LogP contribution in [0.1, 0.15) is 5.56 Å². The zero-order valence-corrected chi connectivity index (χ0v) is 15.1. The van der Waals surface area contributed by atoms with Crippen molar-refractivity contribution < 1.29 is 9.84 Å². The number of thiophene rings is 1. The number of aliphatic hydroxyl groups excluding tert-OH is 1. The van der Waals surface area contributed by atoms with Gasteiger partial charge in [0.2, 0.25) is 5.00 Å². The summed E-state index contributed by atoms with van der Waals surface area (Å²) in [6.45, 7) is 9.76.